The van der Waals surface area contributed by atoms with Crippen LogP contribution >= 0.6 is 23.2 Å². The van der Waals surface area contributed by atoms with Crippen molar-refractivity contribution in [1.29, 1.82) is 0 Å². The Labute approximate surface area is 129 Å². The zero-order valence-electron chi connectivity index (χ0n) is 11.8. The minimum Gasteiger partial charge on any atom is -0.326 e. The molecule has 1 aromatic heterocycles. The van der Waals surface area contributed by atoms with E-state index < -0.39 is 0 Å². The summed E-state index contributed by atoms with van der Waals surface area (Å²) < 4.78 is 2.01. The summed E-state index contributed by atoms with van der Waals surface area (Å²) in [6.45, 7) is 5.39. The first-order valence-corrected chi connectivity index (χ1v) is 7.57. The zero-order chi connectivity index (χ0) is 14.7. The molecule has 0 fully saturated rings. The van der Waals surface area contributed by atoms with Gasteiger partial charge in [0.15, 0.2) is 0 Å². The maximum atomic E-state index is 6.24. The lowest BCUT2D eigenvalue weighted by molar-refractivity contribution is 0.639. The number of nitrogens with zero attached hydrogens (tertiary/aromatic N) is 2. The lowest BCUT2D eigenvalue weighted by Crippen LogP contribution is -2.08. The molecule has 2 N–H and O–H groups in total. The molecule has 0 aliphatic carbocycles. The van der Waals surface area contributed by atoms with Crippen LogP contribution in [0.5, 0.6) is 0 Å². The van der Waals surface area contributed by atoms with Gasteiger partial charge in [-0.3, -0.25) is 4.68 Å². The van der Waals surface area contributed by atoms with Crippen molar-refractivity contribution >= 4 is 23.2 Å². The van der Waals surface area contributed by atoms with E-state index in [4.69, 9.17) is 28.9 Å². The van der Waals surface area contributed by atoms with Crippen molar-refractivity contribution in [3.63, 3.8) is 0 Å². The normalized spacial score (nSPS) is 11.1. The third-order valence-corrected chi connectivity index (χ3v) is 4.05. The van der Waals surface area contributed by atoms with Crippen molar-refractivity contribution in [2.45, 2.75) is 39.8 Å². The SMILES string of the molecule is CCc1nn(Cc2ccc(Cl)cc2Cl)c(CC)c1CN. The van der Waals surface area contributed by atoms with Crippen LogP contribution in [0.3, 0.4) is 0 Å². The lowest BCUT2D eigenvalue weighted by Gasteiger charge is -2.09. The van der Waals surface area contributed by atoms with Crippen LogP contribution in [0.25, 0.3) is 0 Å². The van der Waals surface area contributed by atoms with Gasteiger partial charge in [-0.1, -0.05) is 43.1 Å². The summed E-state index contributed by atoms with van der Waals surface area (Å²) >= 11 is 12.2. The van der Waals surface area contributed by atoms with E-state index in [1.165, 1.54) is 11.3 Å². The Hall–Kier alpha value is -1.03. The summed E-state index contributed by atoms with van der Waals surface area (Å²) in [7, 11) is 0. The molecule has 0 saturated carbocycles. The van der Waals surface area contributed by atoms with Gasteiger partial charge in [-0.05, 0) is 30.5 Å². The fourth-order valence-corrected chi connectivity index (χ4v) is 2.91. The van der Waals surface area contributed by atoms with Crippen LogP contribution < -0.4 is 5.73 Å². The van der Waals surface area contributed by atoms with Crippen LogP contribution in [-0.2, 0) is 25.9 Å². The topological polar surface area (TPSA) is 43.8 Å². The van der Waals surface area contributed by atoms with E-state index in [0.29, 0.717) is 23.1 Å². The molecule has 2 aromatic rings. The molecule has 0 aliphatic heterocycles. The minimum atomic E-state index is 0.528. The second-order valence-electron chi connectivity index (χ2n) is 4.68. The second-order valence-corrected chi connectivity index (χ2v) is 5.52. The zero-order valence-corrected chi connectivity index (χ0v) is 13.3. The standard InChI is InChI=1S/C15H19Cl2N3/c1-3-14-12(8-18)15(4-2)20(19-14)9-10-5-6-11(16)7-13(10)17/h5-7H,3-4,8-9,18H2,1-2H3. The van der Waals surface area contributed by atoms with Crippen LogP contribution in [0.15, 0.2) is 18.2 Å². The molecule has 0 aliphatic rings. The van der Waals surface area contributed by atoms with Crippen LogP contribution in [0.2, 0.25) is 10.0 Å². The van der Waals surface area contributed by atoms with Crippen molar-refractivity contribution in [2.24, 2.45) is 5.73 Å². The number of halogens is 2. The van der Waals surface area contributed by atoms with Crippen LogP contribution in [0, 0.1) is 0 Å². The monoisotopic (exact) mass is 311 g/mol. The first kappa shape index (κ1) is 15.4. The van der Waals surface area contributed by atoms with Gasteiger partial charge in [-0.15, -0.1) is 0 Å². The molecule has 108 valence electrons. The van der Waals surface area contributed by atoms with Crippen LogP contribution in [0.1, 0.15) is 36.4 Å². The van der Waals surface area contributed by atoms with Gasteiger partial charge in [0, 0.05) is 27.8 Å². The molecule has 2 rings (SSSR count). The molecule has 1 heterocycles. The highest BCUT2D eigenvalue weighted by Crippen LogP contribution is 2.23. The molecule has 0 radical (unpaired) electrons. The fourth-order valence-electron chi connectivity index (χ4n) is 2.45. The largest absolute Gasteiger partial charge is 0.326 e. The van der Waals surface area contributed by atoms with Gasteiger partial charge < -0.3 is 5.73 Å². The van der Waals surface area contributed by atoms with E-state index >= 15 is 0 Å². The average molecular weight is 312 g/mol. The summed E-state index contributed by atoms with van der Waals surface area (Å²) in [5.41, 5.74) is 10.3. The maximum absolute atomic E-state index is 6.24. The van der Waals surface area contributed by atoms with Gasteiger partial charge in [0.25, 0.3) is 0 Å². The number of hydrogen-bond donors (Lipinski definition) is 1. The van der Waals surface area contributed by atoms with Crippen LogP contribution in [0.4, 0.5) is 0 Å². The van der Waals surface area contributed by atoms with Gasteiger partial charge >= 0.3 is 0 Å². The number of nitrogens with two attached hydrogens (primary N) is 1. The Kier molecular flexibility index (Phi) is 5.08. The summed E-state index contributed by atoms with van der Waals surface area (Å²) in [6, 6.07) is 5.56. The Morgan fingerprint density at radius 3 is 2.50 bits per heavy atom. The van der Waals surface area contributed by atoms with Gasteiger partial charge in [0.05, 0.1) is 12.2 Å². The summed E-state index contributed by atoms with van der Waals surface area (Å²) in [6.07, 6.45) is 1.80. The molecule has 0 spiro atoms. The molecule has 1 aromatic carbocycles. The average Bonchev–Trinajstić information content (AvgIpc) is 2.78. The first-order valence-electron chi connectivity index (χ1n) is 6.82. The van der Waals surface area contributed by atoms with Crippen molar-refractivity contribution in [3.05, 3.63) is 50.8 Å². The molecule has 0 unspecified atom stereocenters. The fraction of sp³-hybridized carbons (Fsp3) is 0.400. The predicted molar refractivity (Wildman–Crippen MR) is 84.4 cm³/mol. The minimum absolute atomic E-state index is 0.528. The first-order chi connectivity index (χ1) is 9.60. The molecular weight excluding hydrogens is 293 g/mol. The van der Waals surface area contributed by atoms with Gasteiger partial charge in [0.1, 0.15) is 0 Å². The highest BCUT2D eigenvalue weighted by Gasteiger charge is 2.15. The molecule has 0 saturated heterocycles. The van der Waals surface area contributed by atoms with Crippen molar-refractivity contribution in [1.82, 2.24) is 9.78 Å². The van der Waals surface area contributed by atoms with Crippen molar-refractivity contribution in [2.75, 3.05) is 0 Å². The summed E-state index contributed by atoms with van der Waals surface area (Å²) in [5, 5.41) is 5.99. The van der Waals surface area contributed by atoms with Gasteiger partial charge in [-0.2, -0.15) is 5.10 Å². The Morgan fingerprint density at radius 1 is 1.20 bits per heavy atom. The molecule has 0 amide bonds. The molecule has 20 heavy (non-hydrogen) atoms. The van der Waals surface area contributed by atoms with E-state index in [9.17, 15) is 0 Å². The van der Waals surface area contributed by atoms with E-state index in [-0.39, 0.29) is 0 Å². The number of aryl methyl sites for hydroxylation is 1. The predicted octanol–water partition coefficient (Wildman–Crippen LogP) is 3.82. The quantitative estimate of drug-likeness (QED) is 0.912. The van der Waals surface area contributed by atoms with Gasteiger partial charge in [0.2, 0.25) is 0 Å². The molecule has 5 heteroatoms. The molecule has 0 bridgehead atoms. The van der Waals surface area contributed by atoms with E-state index in [1.54, 1.807) is 6.07 Å². The highest BCUT2D eigenvalue weighted by atomic mass is 35.5. The Bertz CT molecular complexity index is 605. The maximum Gasteiger partial charge on any atom is 0.0677 e. The number of rotatable bonds is 5. The van der Waals surface area contributed by atoms with Crippen molar-refractivity contribution in [3.8, 4) is 0 Å². The van der Waals surface area contributed by atoms with E-state index in [0.717, 1.165) is 24.1 Å². The molecule has 0 atom stereocenters. The molecular formula is C15H19Cl2N3. The third kappa shape index (κ3) is 3.00. The summed E-state index contributed by atoms with van der Waals surface area (Å²) in [5.74, 6) is 0. The van der Waals surface area contributed by atoms with Crippen molar-refractivity contribution < 1.29 is 0 Å². The van der Waals surface area contributed by atoms with E-state index in [1.807, 2.05) is 16.8 Å². The number of hydrogen-bond acceptors (Lipinski definition) is 2. The Morgan fingerprint density at radius 2 is 1.95 bits per heavy atom. The van der Waals surface area contributed by atoms with Crippen LogP contribution in [-0.4, -0.2) is 9.78 Å². The number of benzene rings is 1. The lowest BCUT2D eigenvalue weighted by atomic mass is 10.1. The third-order valence-electron chi connectivity index (χ3n) is 3.46. The summed E-state index contributed by atoms with van der Waals surface area (Å²) in [4.78, 5) is 0. The van der Waals surface area contributed by atoms with Gasteiger partial charge in [-0.25, -0.2) is 0 Å². The highest BCUT2D eigenvalue weighted by molar-refractivity contribution is 6.35. The molecule has 3 nitrogen and oxygen atoms in total. The Balaban J connectivity index is 2.40. The second kappa shape index (κ2) is 6.61. The van der Waals surface area contributed by atoms with E-state index in [2.05, 4.69) is 18.9 Å². The number of aromatic nitrogens is 2. The smallest absolute Gasteiger partial charge is 0.0677 e.